The Bertz CT molecular complexity index is 1530. The molecule has 41 heavy (non-hydrogen) atoms. The van der Waals surface area contributed by atoms with Gasteiger partial charge in [0.05, 0.1) is 34.1 Å². The quantitative estimate of drug-likeness (QED) is 0.403. The molecule has 3 fully saturated rings. The average molecular weight is 592 g/mol. The van der Waals surface area contributed by atoms with Crippen molar-refractivity contribution in [3.8, 4) is 6.07 Å². The third-order valence-electron chi connectivity index (χ3n) is 8.26. The molecule has 2 aromatic rings. The van der Waals surface area contributed by atoms with Gasteiger partial charge in [-0.05, 0) is 73.4 Å². The summed E-state index contributed by atoms with van der Waals surface area (Å²) in [6.07, 6.45) is -1.40. The van der Waals surface area contributed by atoms with Crippen LogP contribution in [0.2, 0.25) is 0 Å². The lowest BCUT2D eigenvalue weighted by molar-refractivity contribution is -0.137. The first-order valence-corrected chi connectivity index (χ1v) is 15.4. The van der Waals surface area contributed by atoms with E-state index in [0.717, 1.165) is 31.2 Å². The largest absolute Gasteiger partial charge is 0.416 e. The first-order chi connectivity index (χ1) is 19.3. The van der Waals surface area contributed by atoms with Gasteiger partial charge in [0.1, 0.15) is 5.82 Å². The fraction of sp³-hybridized carbons (Fsp3) is 0.483. The Morgan fingerprint density at radius 1 is 1.10 bits per heavy atom. The van der Waals surface area contributed by atoms with Crippen molar-refractivity contribution >= 4 is 27.2 Å². The van der Waals surface area contributed by atoms with Crippen LogP contribution >= 0.6 is 0 Å². The number of sulfone groups is 1. The maximum absolute atomic E-state index is 14.9. The topological polar surface area (TPSA) is 98.6 Å². The number of ketones is 1. The van der Waals surface area contributed by atoms with Crippen molar-refractivity contribution in [1.29, 1.82) is 5.26 Å². The number of carbonyl (C=O) groups is 2. The minimum atomic E-state index is -4.69. The number of Topliss-reactive ketones (excluding diaryl/α,β-unsaturated/α-hetero) is 1. The van der Waals surface area contributed by atoms with Crippen LogP contribution in [0.15, 0.2) is 41.3 Å². The number of hydrogen-bond acceptors (Lipinski definition) is 6. The van der Waals surface area contributed by atoms with E-state index in [4.69, 9.17) is 0 Å². The minimum absolute atomic E-state index is 0.0340. The van der Waals surface area contributed by atoms with Crippen LogP contribution < -0.4 is 4.90 Å². The average Bonchev–Trinajstić information content (AvgIpc) is 3.60. The molecule has 1 saturated carbocycles. The number of halogens is 4. The smallest absolute Gasteiger partial charge is 0.368 e. The van der Waals surface area contributed by atoms with Crippen molar-refractivity contribution < 1.29 is 35.6 Å². The van der Waals surface area contributed by atoms with Crippen LogP contribution in [-0.4, -0.2) is 56.9 Å². The van der Waals surface area contributed by atoms with Gasteiger partial charge in [0.25, 0.3) is 5.91 Å². The zero-order valence-corrected chi connectivity index (χ0v) is 23.1. The van der Waals surface area contributed by atoms with Gasteiger partial charge < -0.3 is 9.80 Å². The van der Waals surface area contributed by atoms with Crippen LogP contribution in [0.3, 0.4) is 0 Å². The molecule has 2 heterocycles. The lowest BCUT2D eigenvalue weighted by Crippen LogP contribution is -2.47. The number of nitriles is 1. The Kier molecular flexibility index (Phi) is 7.61. The summed E-state index contributed by atoms with van der Waals surface area (Å²) < 4.78 is 78.6. The normalized spacial score (nSPS) is 20.4. The molecular formula is C29H29F4N3O4S. The highest BCUT2D eigenvalue weighted by Gasteiger charge is 2.42. The Morgan fingerprint density at radius 3 is 2.39 bits per heavy atom. The highest BCUT2D eigenvalue weighted by Crippen LogP contribution is 2.46. The first kappa shape index (κ1) is 29.0. The molecule has 2 saturated heterocycles. The number of amides is 1. The number of carbonyl (C=O) groups excluding carboxylic acids is 2. The number of rotatable bonds is 8. The van der Waals surface area contributed by atoms with E-state index < -0.39 is 45.3 Å². The van der Waals surface area contributed by atoms with Crippen LogP contribution in [0, 0.1) is 29.0 Å². The fourth-order valence-electron chi connectivity index (χ4n) is 5.84. The first-order valence-electron chi connectivity index (χ1n) is 13.5. The molecule has 7 nitrogen and oxygen atoms in total. The molecule has 1 aliphatic carbocycles. The van der Waals surface area contributed by atoms with E-state index in [0.29, 0.717) is 37.7 Å². The summed E-state index contributed by atoms with van der Waals surface area (Å²) in [6, 6.07) is 7.99. The fourth-order valence-corrected chi connectivity index (χ4v) is 6.48. The van der Waals surface area contributed by atoms with Crippen LogP contribution in [0.1, 0.15) is 59.5 Å². The van der Waals surface area contributed by atoms with E-state index >= 15 is 0 Å². The second-order valence-electron chi connectivity index (χ2n) is 11.2. The third-order valence-corrected chi connectivity index (χ3v) is 9.37. The SMILES string of the molecule is CS(=O)(=O)c1ccc(N2CC(C#N)C2)c(C(=O)N2CCC[C@@H]2C(=O)C[C@@H](c2ccc(C(F)(F)F)cc2F)C2CC2)c1. The minimum Gasteiger partial charge on any atom is -0.368 e. The van der Waals surface area contributed by atoms with E-state index in [1.54, 1.807) is 6.07 Å². The van der Waals surface area contributed by atoms with E-state index in [-0.39, 0.29) is 46.6 Å². The van der Waals surface area contributed by atoms with Crippen molar-refractivity contribution in [3.05, 3.63) is 58.9 Å². The van der Waals surface area contributed by atoms with Crippen LogP contribution in [0.25, 0.3) is 0 Å². The zero-order valence-electron chi connectivity index (χ0n) is 22.3. The van der Waals surface area contributed by atoms with Gasteiger partial charge in [0.15, 0.2) is 15.6 Å². The molecule has 0 N–H and O–H groups in total. The van der Waals surface area contributed by atoms with Crippen LogP contribution in [0.4, 0.5) is 23.2 Å². The Hall–Kier alpha value is -3.46. The number of benzene rings is 2. The zero-order chi connectivity index (χ0) is 29.7. The van der Waals surface area contributed by atoms with E-state index in [1.807, 2.05) is 4.90 Å². The Labute approximate surface area is 235 Å². The number of nitrogens with zero attached hydrogens (tertiary/aromatic N) is 3. The Morgan fingerprint density at radius 2 is 1.80 bits per heavy atom. The van der Waals surface area contributed by atoms with Gasteiger partial charge in [-0.1, -0.05) is 6.07 Å². The van der Waals surface area contributed by atoms with Crippen molar-refractivity contribution in [3.63, 3.8) is 0 Å². The van der Waals surface area contributed by atoms with Gasteiger partial charge in [-0.2, -0.15) is 18.4 Å². The van der Waals surface area contributed by atoms with E-state index in [1.165, 1.54) is 17.0 Å². The van der Waals surface area contributed by atoms with Gasteiger partial charge in [-0.3, -0.25) is 9.59 Å². The van der Waals surface area contributed by atoms with Crippen molar-refractivity contribution in [1.82, 2.24) is 4.90 Å². The van der Waals surface area contributed by atoms with Crippen molar-refractivity contribution in [2.75, 3.05) is 30.8 Å². The lowest BCUT2D eigenvalue weighted by atomic mass is 9.86. The molecule has 0 spiro atoms. The highest BCUT2D eigenvalue weighted by molar-refractivity contribution is 7.90. The second-order valence-corrected chi connectivity index (χ2v) is 13.2. The summed E-state index contributed by atoms with van der Waals surface area (Å²) in [6.45, 7) is 1.04. The number of alkyl halides is 3. The van der Waals surface area contributed by atoms with E-state index in [2.05, 4.69) is 6.07 Å². The molecule has 1 amide bonds. The number of anilines is 1. The lowest BCUT2D eigenvalue weighted by Gasteiger charge is -2.39. The molecule has 0 aromatic heterocycles. The molecule has 12 heteroatoms. The molecule has 2 aliphatic heterocycles. The van der Waals surface area contributed by atoms with Gasteiger partial charge in [-0.15, -0.1) is 0 Å². The number of likely N-dealkylation sites (tertiary alicyclic amines) is 1. The van der Waals surface area contributed by atoms with Gasteiger partial charge >= 0.3 is 6.18 Å². The number of hydrogen-bond donors (Lipinski definition) is 0. The van der Waals surface area contributed by atoms with Crippen LogP contribution in [-0.2, 0) is 20.8 Å². The highest BCUT2D eigenvalue weighted by atomic mass is 32.2. The van der Waals surface area contributed by atoms with Crippen molar-refractivity contribution in [2.24, 2.45) is 11.8 Å². The predicted octanol–water partition coefficient (Wildman–Crippen LogP) is 4.97. The Balaban J connectivity index is 1.40. The van der Waals surface area contributed by atoms with Gasteiger partial charge in [-0.25, -0.2) is 12.8 Å². The molecule has 0 unspecified atom stereocenters. The molecule has 2 aromatic carbocycles. The molecule has 3 aliphatic rings. The maximum atomic E-state index is 14.9. The van der Waals surface area contributed by atoms with Gasteiger partial charge in [0, 0.05) is 38.0 Å². The van der Waals surface area contributed by atoms with Crippen LogP contribution in [0.5, 0.6) is 0 Å². The summed E-state index contributed by atoms with van der Waals surface area (Å²) in [5, 5.41) is 9.17. The van der Waals surface area contributed by atoms with Crippen molar-refractivity contribution in [2.45, 2.75) is 55.1 Å². The second kappa shape index (κ2) is 10.7. The molecule has 0 radical (unpaired) electrons. The summed E-state index contributed by atoms with van der Waals surface area (Å²) >= 11 is 0. The molecule has 5 rings (SSSR count). The molecule has 2 atom stereocenters. The van der Waals surface area contributed by atoms with E-state index in [9.17, 15) is 40.8 Å². The molecule has 0 bridgehead atoms. The predicted molar refractivity (Wildman–Crippen MR) is 141 cm³/mol. The van der Waals surface area contributed by atoms with Gasteiger partial charge in [0.2, 0.25) is 0 Å². The third kappa shape index (κ3) is 5.96. The molecular weight excluding hydrogens is 562 g/mol. The monoisotopic (exact) mass is 591 g/mol. The summed E-state index contributed by atoms with van der Waals surface area (Å²) in [7, 11) is -3.64. The standard InChI is InChI=1S/C29H29F4N3O4S/c1-41(39,40)20-7-9-25(35-15-17(14-34)16-35)23(12-20)28(38)36-10-2-3-26(36)27(37)13-22(18-4-5-18)21-8-6-19(11-24(21)30)29(31,32)33/h6-9,11-12,17-18,22,26H,2-5,10,13,15-16H2,1H3/t22-,26-/m1/s1. The summed E-state index contributed by atoms with van der Waals surface area (Å²) in [5.74, 6) is -2.66. The summed E-state index contributed by atoms with van der Waals surface area (Å²) in [4.78, 5) is 30.7. The summed E-state index contributed by atoms with van der Waals surface area (Å²) in [5.41, 5.74) is -0.425. The maximum Gasteiger partial charge on any atom is 0.416 e. The molecule has 218 valence electrons.